The average molecular weight is 497 g/mol. The Morgan fingerprint density at radius 1 is 1.06 bits per heavy atom. The fraction of sp³-hybridized carbons (Fsp3) is 0.519. The first-order valence-electron chi connectivity index (χ1n) is 12.6. The zero-order valence-corrected chi connectivity index (χ0v) is 21.5. The van der Waals surface area contributed by atoms with E-state index >= 15 is 0 Å². The van der Waals surface area contributed by atoms with Crippen molar-refractivity contribution in [3.8, 4) is 0 Å². The summed E-state index contributed by atoms with van der Waals surface area (Å²) in [5.41, 5.74) is 1.19. The van der Waals surface area contributed by atoms with Gasteiger partial charge in [-0.3, -0.25) is 9.59 Å². The predicted molar refractivity (Wildman–Crippen MR) is 141 cm³/mol. The number of nitrogens with zero attached hydrogens (tertiary/aromatic N) is 2. The van der Waals surface area contributed by atoms with Gasteiger partial charge in [-0.25, -0.2) is 4.98 Å². The molecule has 0 spiro atoms. The van der Waals surface area contributed by atoms with E-state index in [1.807, 2.05) is 30.3 Å². The lowest BCUT2D eigenvalue weighted by Gasteiger charge is -2.36. The van der Waals surface area contributed by atoms with Crippen molar-refractivity contribution >= 4 is 35.1 Å². The van der Waals surface area contributed by atoms with E-state index in [1.54, 1.807) is 12.3 Å². The van der Waals surface area contributed by atoms with Crippen LogP contribution in [0.25, 0.3) is 0 Å². The topological polar surface area (TPSA) is 83.6 Å². The van der Waals surface area contributed by atoms with Gasteiger partial charge in [0.2, 0.25) is 5.91 Å². The maximum absolute atomic E-state index is 13.0. The van der Waals surface area contributed by atoms with Gasteiger partial charge < -0.3 is 20.3 Å². The van der Waals surface area contributed by atoms with Crippen LogP contribution in [-0.2, 0) is 9.53 Å². The molecule has 1 aliphatic carbocycles. The molecule has 1 saturated heterocycles. The normalized spacial score (nSPS) is 20.9. The fourth-order valence-corrected chi connectivity index (χ4v) is 5.71. The van der Waals surface area contributed by atoms with Crippen LogP contribution in [0, 0.1) is 5.92 Å². The fourth-order valence-electron chi connectivity index (χ4n) is 4.83. The molecular weight excluding hydrogens is 460 g/mol. The SMILES string of the molecule is CC1CN(c2ccc(NC(=O)c3ccccc3SCC(=O)NCC3CCCCC3)cn2)CC(C)O1. The lowest BCUT2D eigenvalue weighted by molar-refractivity contribution is -0.118. The van der Waals surface area contributed by atoms with Gasteiger partial charge in [-0.15, -0.1) is 11.8 Å². The largest absolute Gasteiger partial charge is 0.372 e. The van der Waals surface area contributed by atoms with E-state index in [2.05, 4.69) is 34.4 Å². The molecule has 2 heterocycles. The molecule has 1 aromatic carbocycles. The van der Waals surface area contributed by atoms with Crippen molar-refractivity contribution in [2.45, 2.75) is 63.1 Å². The standard InChI is InChI=1S/C27H36N4O3S/c1-19-16-31(17-20(2)34-19)25-13-12-22(15-28-25)30-27(33)23-10-6-7-11-24(23)35-18-26(32)29-14-21-8-4-3-5-9-21/h6-7,10-13,15,19-21H,3-5,8-9,14,16-18H2,1-2H3,(H,29,32)(H,30,33). The molecular formula is C27H36N4O3S. The third kappa shape index (κ3) is 7.45. The van der Waals surface area contributed by atoms with Crippen molar-refractivity contribution in [3.05, 3.63) is 48.2 Å². The second-order valence-electron chi connectivity index (χ2n) is 9.61. The Kier molecular flexibility index (Phi) is 9.04. The van der Waals surface area contributed by atoms with Crippen LogP contribution in [0.1, 0.15) is 56.3 Å². The molecule has 0 bridgehead atoms. The first-order valence-corrected chi connectivity index (χ1v) is 13.6. The number of carbonyl (C=O) groups excluding carboxylic acids is 2. The zero-order chi connectivity index (χ0) is 24.6. The van der Waals surface area contributed by atoms with Crippen LogP contribution >= 0.6 is 11.8 Å². The molecule has 7 nitrogen and oxygen atoms in total. The summed E-state index contributed by atoms with van der Waals surface area (Å²) < 4.78 is 5.80. The second-order valence-corrected chi connectivity index (χ2v) is 10.6. The number of ether oxygens (including phenoxy) is 1. The van der Waals surface area contributed by atoms with Gasteiger partial charge in [0.05, 0.1) is 35.4 Å². The van der Waals surface area contributed by atoms with Gasteiger partial charge >= 0.3 is 0 Å². The van der Waals surface area contributed by atoms with Gasteiger partial charge in [-0.2, -0.15) is 0 Å². The highest BCUT2D eigenvalue weighted by Crippen LogP contribution is 2.25. The van der Waals surface area contributed by atoms with Gasteiger partial charge in [0.1, 0.15) is 5.82 Å². The molecule has 1 aliphatic heterocycles. The number of aromatic nitrogens is 1. The molecule has 1 saturated carbocycles. The number of morpholine rings is 1. The third-order valence-electron chi connectivity index (χ3n) is 6.55. The second kappa shape index (κ2) is 12.4. The first kappa shape index (κ1) is 25.5. The summed E-state index contributed by atoms with van der Waals surface area (Å²) in [5.74, 6) is 1.58. The average Bonchev–Trinajstić information content (AvgIpc) is 2.87. The first-order chi connectivity index (χ1) is 17.0. The quantitative estimate of drug-likeness (QED) is 0.514. The number of rotatable bonds is 8. The van der Waals surface area contributed by atoms with Crippen molar-refractivity contribution in [1.29, 1.82) is 0 Å². The lowest BCUT2D eigenvalue weighted by Crippen LogP contribution is -2.45. The summed E-state index contributed by atoms with van der Waals surface area (Å²) >= 11 is 1.40. The molecule has 2 unspecified atom stereocenters. The summed E-state index contributed by atoms with van der Waals surface area (Å²) in [6.45, 7) is 6.47. The Hall–Kier alpha value is -2.58. The summed E-state index contributed by atoms with van der Waals surface area (Å²) in [5, 5.41) is 6.01. The number of thioether (sulfide) groups is 1. The summed E-state index contributed by atoms with van der Waals surface area (Å²) in [6, 6.07) is 11.2. The molecule has 2 fully saturated rings. The van der Waals surface area contributed by atoms with Gasteiger partial charge in [0.25, 0.3) is 5.91 Å². The molecule has 2 aromatic rings. The molecule has 2 aliphatic rings. The van der Waals surface area contributed by atoms with Crippen LogP contribution in [0.15, 0.2) is 47.5 Å². The number of pyridine rings is 1. The number of carbonyl (C=O) groups is 2. The van der Waals surface area contributed by atoms with Gasteiger partial charge in [0, 0.05) is 24.5 Å². The molecule has 2 atom stereocenters. The van der Waals surface area contributed by atoms with Crippen LogP contribution in [0.2, 0.25) is 0 Å². The van der Waals surface area contributed by atoms with E-state index in [4.69, 9.17) is 4.74 Å². The van der Waals surface area contributed by atoms with E-state index in [-0.39, 0.29) is 24.0 Å². The molecule has 4 rings (SSSR count). The Morgan fingerprint density at radius 3 is 2.51 bits per heavy atom. The summed E-state index contributed by atoms with van der Waals surface area (Å²) in [7, 11) is 0. The molecule has 35 heavy (non-hydrogen) atoms. The van der Waals surface area contributed by atoms with E-state index in [9.17, 15) is 9.59 Å². The molecule has 1 aromatic heterocycles. The van der Waals surface area contributed by atoms with Crippen molar-refractivity contribution < 1.29 is 14.3 Å². The Bertz CT molecular complexity index is 984. The van der Waals surface area contributed by atoms with Gasteiger partial charge in [-0.05, 0) is 56.9 Å². The zero-order valence-electron chi connectivity index (χ0n) is 20.7. The van der Waals surface area contributed by atoms with Crippen molar-refractivity contribution in [2.75, 3.05) is 35.6 Å². The minimum absolute atomic E-state index is 0.0160. The third-order valence-corrected chi connectivity index (χ3v) is 7.63. The lowest BCUT2D eigenvalue weighted by atomic mass is 9.89. The van der Waals surface area contributed by atoms with Crippen molar-refractivity contribution in [3.63, 3.8) is 0 Å². The van der Waals surface area contributed by atoms with Crippen LogP contribution < -0.4 is 15.5 Å². The number of amides is 2. The van der Waals surface area contributed by atoms with E-state index in [1.165, 1.54) is 43.9 Å². The molecule has 188 valence electrons. The highest BCUT2D eigenvalue weighted by atomic mass is 32.2. The molecule has 0 radical (unpaired) electrons. The van der Waals surface area contributed by atoms with Crippen molar-refractivity contribution in [2.24, 2.45) is 5.92 Å². The van der Waals surface area contributed by atoms with Crippen molar-refractivity contribution in [1.82, 2.24) is 10.3 Å². The van der Waals surface area contributed by atoms with Crippen LogP contribution in [0.5, 0.6) is 0 Å². The minimum Gasteiger partial charge on any atom is -0.372 e. The summed E-state index contributed by atoms with van der Waals surface area (Å²) in [4.78, 5) is 32.9. The number of anilines is 2. The predicted octanol–water partition coefficient (Wildman–Crippen LogP) is 4.74. The summed E-state index contributed by atoms with van der Waals surface area (Å²) in [6.07, 6.45) is 8.25. The Balaban J connectivity index is 1.30. The Morgan fingerprint density at radius 2 is 1.80 bits per heavy atom. The molecule has 8 heteroatoms. The highest BCUT2D eigenvalue weighted by molar-refractivity contribution is 8.00. The van der Waals surface area contributed by atoms with E-state index < -0.39 is 0 Å². The van der Waals surface area contributed by atoms with E-state index in [0.717, 1.165) is 30.3 Å². The molecule has 2 amide bonds. The minimum atomic E-state index is -0.209. The monoisotopic (exact) mass is 496 g/mol. The van der Waals surface area contributed by atoms with Gasteiger partial charge in [-0.1, -0.05) is 31.4 Å². The van der Waals surface area contributed by atoms with E-state index in [0.29, 0.717) is 22.9 Å². The number of nitrogens with one attached hydrogen (secondary N) is 2. The smallest absolute Gasteiger partial charge is 0.256 e. The number of hydrogen-bond donors (Lipinski definition) is 2. The Labute approximate surface area is 212 Å². The maximum atomic E-state index is 13.0. The molecule has 2 N–H and O–H groups in total. The van der Waals surface area contributed by atoms with Crippen LogP contribution in [-0.4, -0.2) is 54.4 Å². The maximum Gasteiger partial charge on any atom is 0.256 e. The van der Waals surface area contributed by atoms with Gasteiger partial charge in [0.15, 0.2) is 0 Å². The highest BCUT2D eigenvalue weighted by Gasteiger charge is 2.23. The van der Waals surface area contributed by atoms with Crippen LogP contribution in [0.4, 0.5) is 11.5 Å². The number of hydrogen-bond acceptors (Lipinski definition) is 6. The number of benzene rings is 1. The van der Waals surface area contributed by atoms with Crippen LogP contribution in [0.3, 0.4) is 0 Å².